The molecule has 1 unspecified atom stereocenters. The summed E-state index contributed by atoms with van der Waals surface area (Å²) in [5, 5.41) is 0. The second-order valence-electron chi connectivity index (χ2n) is 4.74. The van der Waals surface area contributed by atoms with E-state index in [2.05, 4.69) is 4.72 Å². The van der Waals surface area contributed by atoms with E-state index < -0.39 is 11.0 Å². The number of hydrogen-bond acceptors (Lipinski definition) is 3. The highest BCUT2D eigenvalue weighted by molar-refractivity contribution is 7.83. The second kappa shape index (κ2) is 6.91. The summed E-state index contributed by atoms with van der Waals surface area (Å²) >= 11 is 0. The van der Waals surface area contributed by atoms with Gasteiger partial charge >= 0.3 is 0 Å². The third-order valence-electron chi connectivity index (χ3n) is 3.45. The zero-order chi connectivity index (χ0) is 13.7. The van der Waals surface area contributed by atoms with Crippen LogP contribution in [0.1, 0.15) is 32.1 Å². The summed E-state index contributed by atoms with van der Waals surface area (Å²) in [6.45, 7) is 0. The Labute approximate surface area is 117 Å². The molecule has 1 aliphatic rings. The summed E-state index contributed by atoms with van der Waals surface area (Å²) in [6.07, 6.45) is 5.92. The van der Waals surface area contributed by atoms with Crippen molar-refractivity contribution in [2.45, 2.75) is 43.0 Å². The molecular weight excluding hydrogens is 262 g/mol. The number of nitrogens with one attached hydrogen (secondary N) is 1. The largest absolute Gasteiger partial charge is 0.497 e. The van der Waals surface area contributed by atoms with Crippen molar-refractivity contribution < 1.29 is 13.7 Å². The lowest BCUT2D eigenvalue weighted by molar-refractivity contribution is 0.386. The van der Waals surface area contributed by atoms with E-state index in [4.69, 9.17) is 9.47 Å². The zero-order valence-corrected chi connectivity index (χ0v) is 12.3. The standard InChI is InChI=1S/C14H21NO3S/c1-17-12-8-9-14(13(10-12)18-2)19(16)15-11-6-4-3-5-7-11/h8-11,15H,3-7H2,1-2H3. The minimum absolute atomic E-state index is 0.349. The molecule has 2 rings (SSSR count). The maximum atomic E-state index is 12.4. The Morgan fingerprint density at radius 1 is 1.16 bits per heavy atom. The average Bonchev–Trinajstić information content (AvgIpc) is 2.47. The van der Waals surface area contributed by atoms with Crippen molar-refractivity contribution in [1.29, 1.82) is 0 Å². The van der Waals surface area contributed by atoms with E-state index in [1.54, 1.807) is 32.4 Å². The van der Waals surface area contributed by atoms with Crippen LogP contribution in [0, 0.1) is 0 Å². The van der Waals surface area contributed by atoms with Gasteiger partial charge in [0.2, 0.25) is 0 Å². The molecule has 0 radical (unpaired) electrons. The van der Waals surface area contributed by atoms with Crippen LogP contribution in [-0.4, -0.2) is 24.5 Å². The highest BCUT2D eigenvalue weighted by Gasteiger charge is 2.18. The van der Waals surface area contributed by atoms with E-state index in [1.807, 2.05) is 0 Å². The highest BCUT2D eigenvalue weighted by atomic mass is 32.2. The lowest BCUT2D eigenvalue weighted by Gasteiger charge is -2.22. The van der Waals surface area contributed by atoms with Crippen molar-refractivity contribution in [3.05, 3.63) is 18.2 Å². The van der Waals surface area contributed by atoms with Crippen molar-refractivity contribution >= 4 is 11.0 Å². The van der Waals surface area contributed by atoms with Crippen LogP contribution in [0.3, 0.4) is 0 Å². The van der Waals surface area contributed by atoms with E-state index in [0.717, 1.165) is 12.8 Å². The summed E-state index contributed by atoms with van der Waals surface area (Å²) in [4.78, 5) is 0.675. The molecule has 0 spiro atoms. The van der Waals surface area contributed by atoms with Crippen molar-refractivity contribution in [3.8, 4) is 11.5 Å². The first-order chi connectivity index (χ1) is 9.24. The Morgan fingerprint density at radius 2 is 1.89 bits per heavy atom. The van der Waals surface area contributed by atoms with E-state index in [0.29, 0.717) is 22.4 Å². The van der Waals surface area contributed by atoms with Crippen LogP contribution in [0.5, 0.6) is 11.5 Å². The first kappa shape index (κ1) is 14.3. The highest BCUT2D eigenvalue weighted by Crippen LogP contribution is 2.27. The minimum atomic E-state index is -1.23. The lowest BCUT2D eigenvalue weighted by Crippen LogP contribution is -2.32. The first-order valence-corrected chi connectivity index (χ1v) is 7.79. The number of ether oxygens (including phenoxy) is 2. The quantitative estimate of drug-likeness (QED) is 0.903. The van der Waals surface area contributed by atoms with E-state index >= 15 is 0 Å². The number of rotatable bonds is 5. The monoisotopic (exact) mass is 283 g/mol. The summed E-state index contributed by atoms with van der Waals surface area (Å²) < 4.78 is 26.0. The van der Waals surface area contributed by atoms with Crippen LogP contribution in [-0.2, 0) is 11.0 Å². The number of benzene rings is 1. The molecule has 1 atom stereocenters. The summed E-state index contributed by atoms with van der Waals surface area (Å²) in [7, 11) is 1.95. The van der Waals surface area contributed by atoms with Gasteiger partial charge in [-0.1, -0.05) is 19.3 Å². The maximum Gasteiger partial charge on any atom is 0.140 e. The van der Waals surface area contributed by atoms with E-state index in [-0.39, 0.29) is 0 Å². The molecule has 1 aromatic carbocycles. The molecular formula is C14H21NO3S. The molecule has 1 fully saturated rings. The number of hydrogen-bond donors (Lipinski definition) is 1. The molecule has 1 saturated carbocycles. The van der Waals surface area contributed by atoms with Crippen molar-refractivity contribution in [2.75, 3.05) is 14.2 Å². The molecule has 106 valence electrons. The molecule has 0 aromatic heterocycles. The molecule has 1 aromatic rings. The molecule has 0 bridgehead atoms. The normalized spacial score (nSPS) is 18.0. The molecule has 4 nitrogen and oxygen atoms in total. The van der Waals surface area contributed by atoms with Crippen LogP contribution in [0.25, 0.3) is 0 Å². The molecule has 19 heavy (non-hydrogen) atoms. The smallest absolute Gasteiger partial charge is 0.140 e. The van der Waals surface area contributed by atoms with Crippen LogP contribution in [0.4, 0.5) is 0 Å². The van der Waals surface area contributed by atoms with Gasteiger partial charge in [-0.3, -0.25) is 0 Å². The maximum absolute atomic E-state index is 12.4. The van der Waals surface area contributed by atoms with Gasteiger partial charge in [-0.2, -0.15) is 0 Å². The third kappa shape index (κ3) is 3.70. The van der Waals surface area contributed by atoms with Gasteiger partial charge in [0.25, 0.3) is 0 Å². The Hall–Kier alpha value is -1.07. The molecule has 0 aliphatic heterocycles. The lowest BCUT2D eigenvalue weighted by atomic mass is 9.96. The van der Waals surface area contributed by atoms with E-state index in [1.165, 1.54) is 19.3 Å². The van der Waals surface area contributed by atoms with Crippen LogP contribution in [0.15, 0.2) is 23.1 Å². The molecule has 0 saturated heterocycles. The van der Waals surface area contributed by atoms with Gasteiger partial charge in [0.15, 0.2) is 0 Å². The fraction of sp³-hybridized carbons (Fsp3) is 0.571. The first-order valence-electron chi connectivity index (χ1n) is 6.64. The number of methoxy groups -OCH3 is 2. The molecule has 0 heterocycles. The van der Waals surface area contributed by atoms with Crippen molar-refractivity contribution in [1.82, 2.24) is 4.72 Å². The SMILES string of the molecule is COc1ccc(S(=O)NC2CCCCC2)c(OC)c1. The molecule has 5 heteroatoms. The van der Waals surface area contributed by atoms with Crippen molar-refractivity contribution in [2.24, 2.45) is 0 Å². The van der Waals surface area contributed by atoms with Gasteiger partial charge in [-0.05, 0) is 25.0 Å². The van der Waals surface area contributed by atoms with Crippen LogP contribution < -0.4 is 14.2 Å². The second-order valence-corrected chi connectivity index (χ2v) is 5.95. The van der Waals surface area contributed by atoms with Crippen LogP contribution >= 0.6 is 0 Å². The van der Waals surface area contributed by atoms with Gasteiger partial charge < -0.3 is 9.47 Å². The molecule has 0 amide bonds. The Morgan fingerprint density at radius 3 is 2.53 bits per heavy atom. The van der Waals surface area contributed by atoms with Gasteiger partial charge in [0.05, 0.1) is 19.1 Å². The minimum Gasteiger partial charge on any atom is -0.497 e. The fourth-order valence-corrected chi connectivity index (χ4v) is 3.55. The Kier molecular flexibility index (Phi) is 5.22. The summed E-state index contributed by atoms with van der Waals surface area (Å²) in [5.41, 5.74) is 0. The molecule has 1 N–H and O–H groups in total. The molecule has 1 aliphatic carbocycles. The predicted molar refractivity (Wildman–Crippen MR) is 76.0 cm³/mol. The Bertz CT molecular complexity index is 444. The van der Waals surface area contributed by atoms with Crippen LogP contribution in [0.2, 0.25) is 0 Å². The van der Waals surface area contributed by atoms with Gasteiger partial charge in [-0.25, -0.2) is 8.93 Å². The zero-order valence-electron chi connectivity index (χ0n) is 11.5. The van der Waals surface area contributed by atoms with Gasteiger partial charge in [-0.15, -0.1) is 0 Å². The van der Waals surface area contributed by atoms with Gasteiger partial charge in [0, 0.05) is 12.1 Å². The Balaban J connectivity index is 2.09. The predicted octanol–water partition coefficient (Wildman–Crippen LogP) is 2.65. The van der Waals surface area contributed by atoms with E-state index in [9.17, 15) is 4.21 Å². The topological polar surface area (TPSA) is 47.6 Å². The van der Waals surface area contributed by atoms with Gasteiger partial charge in [0.1, 0.15) is 22.5 Å². The summed E-state index contributed by atoms with van der Waals surface area (Å²) in [5.74, 6) is 1.30. The van der Waals surface area contributed by atoms with Crippen molar-refractivity contribution in [3.63, 3.8) is 0 Å². The fourth-order valence-electron chi connectivity index (χ4n) is 2.36. The average molecular weight is 283 g/mol. The summed E-state index contributed by atoms with van der Waals surface area (Å²) in [6, 6.07) is 5.71. The third-order valence-corrected chi connectivity index (χ3v) is 4.73.